The molecule has 0 rings (SSSR count). The van der Waals surface area contributed by atoms with Gasteiger partial charge in [0, 0.05) is 24.7 Å². The standard InChI is InChI=1S/C20H46O2S4Si2/c1-7-13-15-21-19(27(9-3)10-4)17-23-25-26-24-18-20(22-16-14-8-2)28(11-5)12-6/h19-20,27-28H,7-18H2,1-6H3. The Morgan fingerprint density at radius 1 is 0.607 bits per heavy atom. The molecular formula is C20H46O2S4Si2. The van der Waals surface area contributed by atoms with E-state index in [2.05, 4.69) is 41.5 Å². The Morgan fingerprint density at radius 2 is 0.964 bits per heavy atom. The van der Waals surface area contributed by atoms with E-state index in [1.54, 1.807) is 0 Å². The molecule has 0 bridgehead atoms. The third-order valence-electron chi connectivity index (χ3n) is 5.40. The predicted octanol–water partition coefficient (Wildman–Crippen LogP) is 7.65. The summed E-state index contributed by atoms with van der Waals surface area (Å²) in [6.07, 6.45) is 4.86. The first-order valence-corrected chi connectivity index (χ1v) is 21.2. The maximum Gasteiger partial charge on any atom is 0.0723 e. The van der Waals surface area contributed by atoms with Crippen molar-refractivity contribution in [3.05, 3.63) is 0 Å². The Kier molecular flexibility index (Phi) is 23.3. The number of hydrogen-bond donors (Lipinski definition) is 0. The van der Waals surface area contributed by atoms with Crippen molar-refractivity contribution in [3.63, 3.8) is 0 Å². The van der Waals surface area contributed by atoms with E-state index in [0.29, 0.717) is 11.5 Å². The normalized spacial score (nSPS) is 14.1. The van der Waals surface area contributed by atoms with Crippen molar-refractivity contribution in [2.75, 3.05) is 24.7 Å². The molecule has 28 heavy (non-hydrogen) atoms. The molecule has 0 saturated heterocycles. The van der Waals surface area contributed by atoms with E-state index >= 15 is 0 Å². The second-order valence-electron chi connectivity index (χ2n) is 7.38. The SMILES string of the molecule is CCCCOC(CSSSSCC(OCCCC)[SiH](CC)CC)[SiH](CC)CC. The van der Waals surface area contributed by atoms with Crippen LogP contribution in [0.3, 0.4) is 0 Å². The van der Waals surface area contributed by atoms with E-state index in [1.807, 2.05) is 41.2 Å². The second-order valence-corrected chi connectivity index (χ2v) is 21.3. The average molecular weight is 503 g/mol. The van der Waals surface area contributed by atoms with Gasteiger partial charge in [-0.2, -0.15) is 0 Å². The summed E-state index contributed by atoms with van der Waals surface area (Å²) in [5.74, 6) is 2.33. The lowest BCUT2D eigenvalue weighted by Gasteiger charge is -2.24. The largest absolute Gasteiger partial charge is 0.381 e. The minimum Gasteiger partial charge on any atom is -0.381 e. The molecule has 0 fully saturated rings. The molecule has 170 valence electrons. The Bertz CT molecular complexity index is 293. The van der Waals surface area contributed by atoms with Crippen LogP contribution in [0.4, 0.5) is 0 Å². The molecule has 0 aliphatic heterocycles. The summed E-state index contributed by atoms with van der Waals surface area (Å²) in [4.78, 5) is 0. The summed E-state index contributed by atoms with van der Waals surface area (Å²) in [5.41, 5.74) is 1.10. The van der Waals surface area contributed by atoms with E-state index in [-0.39, 0.29) is 0 Å². The summed E-state index contributed by atoms with van der Waals surface area (Å²) >= 11 is 0. The van der Waals surface area contributed by atoms with Crippen LogP contribution in [0.2, 0.25) is 24.2 Å². The van der Waals surface area contributed by atoms with Crippen LogP contribution in [0.1, 0.15) is 67.2 Å². The highest BCUT2D eigenvalue weighted by Crippen LogP contribution is 2.44. The Morgan fingerprint density at radius 3 is 1.25 bits per heavy atom. The van der Waals surface area contributed by atoms with E-state index in [9.17, 15) is 0 Å². The zero-order chi connectivity index (χ0) is 21.0. The summed E-state index contributed by atoms with van der Waals surface area (Å²) < 4.78 is 12.6. The van der Waals surface area contributed by atoms with Crippen LogP contribution in [0.15, 0.2) is 0 Å². The van der Waals surface area contributed by atoms with Crippen LogP contribution in [-0.2, 0) is 9.47 Å². The predicted molar refractivity (Wildman–Crippen MR) is 146 cm³/mol. The van der Waals surface area contributed by atoms with Crippen LogP contribution in [0.25, 0.3) is 0 Å². The minimum absolute atomic E-state index is 0.548. The lowest BCUT2D eigenvalue weighted by atomic mass is 10.4. The zero-order valence-electron chi connectivity index (χ0n) is 19.2. The van der Waals surface area contributed by atoms with Gasteiger partial charge < -0.3 is 9.47 Å². The lowest BCUT2D eigenvalue weighted by molar-refractivity contribution is 0.113. The van der Waals surface area contributed by atoms with Crippen molar-refractivity contribution in [2.45, 2.75) is 103 Å². The molecule has 0 heterocycles. The number of ether oxygens (including phenoxy) is 2. The molecule has 0 aromatic carbocycles. The lowest BCUT2D eigenvalue weighted by Crippen LogP contribution is -2.34. The molecule has 0 aromatic rings. The molecule has 0 saturated carbocycles. The highest BCUT2D eigenvalue weighted by molar-refractivity contribution is 9.26. The second kappa shape index (κ2) is 22.0. The van der Waals surface area contributed by atoms with Crippen LogP contribution in [-0.4, -0.2) is 53.8 Å². The molecule has 0 amide bonds. The van der Waals surface area contributed by atoms with Gasteiger partial charge in [0.25, 0.3) is 0 Å². The van der Waals surface area contributed by atoms with Crippen molar-refractivity contribution >= 4 is 58.8 Å². The number of unbranched alkanes of at least 4 members (excludes halogenated alkanes) is 2. The fraction of sp³-hybridized carbons (Fsp3) is 1.00. The highest BCUT2D eigenvalue weighted by Gasteiger charge is 2.22. The molecule has 0 radical (unpaired) electrons. The van der Waals surface area contributed by atoms with Crippen LogP contribution in [0.5, 0.6) is 0 Å². The molecule has 2 atom stereocenters. The fourth-order valence-corrected chi connectivity index (χ4v) is 16.8. The molecule has 0 N–H and O–H groups in total. The smallest absolute Gasteiger partial charge is 0.0723 e. The van der Waals surface area contributed by atoms with Crippen molar-refractivity contribution in [1.82, 2.24) is 0 Å². The topological polar surface area (TPSA) is 18.5 Å². The van der Waals surface area contributed by atoms with Gasteiger partial charge in [0.1, 0.15) is 0 Å². The Hall–Kier alpha value is 1.75. The quantitative estimate of drug-likeness (QED) is 0.0905. The molecule has 0 aliphatic rings. The van der Waals surface area contributed by atoms with E-state index < -0.39 is 17.6 Å². The van der Waals surface area contributed by atoms with Gasteiger partial charge in [0.2, 0.25) is 0 Å². The number of hydrogen-bond acceptors (Lipinski definition) is 6. The Balaban J connectivity index is 4.18. The molecule has 0 aromatic heterocycles. The van der Waals surface area contributed by atoms with Crippen LogP contribution >= 0.6 is 41.2 Å². The first-order valence-electron chi connectivity index (χ1n) is 11.5. The van der Waals surface area contributed by atoms with E-state index in [4.69, 9.17) is 9.47 Å². The maximum absolute atomic E-state index is 6.28. The van der Waals surface area contributed by atoms with Crippen molar-refractivity contribution in [1.29, 1.82) is 0 Å². The molecule has 2 nitrogen and oxygen atoms in total. The first kappa shape index (κ1) is 29.8. The summed E-state index contributed by atoms with van der Waals surface area (Å²) in [6, 6.07) is 5.43. The van der Waals surface area contributed by atoms with E-state index in [1.165, 1.54) is 49.9 Å². The van der Waals surface area contributed by atoms with Crippen molar-refractivity contribution in [3.8, 4) is 0 Å². The van der Waals surface area contributed by atoms with Gasteiger partial charge in [-0.1, -0.05) is 100 Å². The van der Waals surface area contributed by atoms with Gasteiger partial charge in [-0.05, 0) is 32.5 Å². The molecule has 0 spiro atoms. The summed E-state index contributed by atoms with van der Waals surface area (Å²) in [5, 5.41) is 0. The molecule has 2 unspecified atom stereocenters. The maximum atomic E-state index is 6.28. The monoisotopic (exact) mass is 502 g/mol. The Labute approximate surface area is 195 Å². The highest BCUT2D eigenvalue weighted by atomic mass is 33.7. The van der Waals surface area contributed by atoms with Gasteiger partial charge in [-0.25, -0.2) is 0 Å². The molecule has 8 heteroatoms. The summed E-state index contributed by atoms with van der Waals surface area (Å²) in [7, 11) is 6.43. The zero-order valence-corrected chi connectivity index (χ0v) is 24.8. The molecule has 0 aliphatic carbocycles. The minimum atomic E-state index is -0.750. The van der Waals surface area contributed by atoms with E-state index in [0.717, 1.165) is 24.7 Å². The van der Waals surface area contributed by atoms with Gasteiger partial charge in [0.15, 0.2) is 0 Å². The third kappa shape index (κ3) is 14.7. The molecular weight excluding hydrogens is 457 g/mol. The van der Waals surface area contributed by atoms with Crippen LogP contribution in [0, 0.1) is 0 Å². The fourth-order valence-electron chi connectivity index (χ4n) is 3.26. The van der Waals surface area contributed by atoms with Gasteiger partial charge >= 0.3 is 0 Å². The van der Waals surface area contributed by atoms with Crippen molar-refractivity contribution < 1.29 is 9.47 Å². The third-order valence-corrected chi connectivity index (χ3v) is 19.7. The average Bonchev–Trinajstić information content (AvgIpc) is 2.71. The van der Waals surface area contributed by atoms with Gasteiger partial charge in [0.05, 0.1) is 29.0 Å². The van der Waals surface area contributed by atoms with Crippen LogP contribution < -0.4 is 0 Å². The number of rotatable bonds is 21. The first-order chi connectivity index (χ1) is 13.7. The van der Waals surface area contributed by atoms with Crippen molar-refractivity contribution in [2.24, 2.45) is 0 Å². The van der Waals surface area contributed by atoms with Gasteiger partial charge in [-0.3, -0.25) is 0 Å². The summed E-state index contributed by atoms with van der Waals surface area (Å²) in [6.45, 7) is 15.8. The van der Waals surface area contributed by atoms with Gasteiger partial charge in [-0.15, -0.1) is 0 Å².